The van der Waals surface area contributed by atoms with Gasteiger partial charge in [0.25, 0.3) is 0 Å². The minimum atomic E-state index is -1.35. The Bertz CT molecular complexity index is 955. The summed E-state index contributed by atoms with van der Waals surface area (Å²) in [7, 11) is 0. The van der Waals surface area contributed by atoms with Crippen molar-refractivity contribution in [2.45, 2.75) is 65.9 Å². The van der Waals surface area contributed by atoms with Crippen LogP contribution in [0.5, 0.6) is 0 Å². The summed E-state index contributed by atoms with van der Waals surface area (Å²) in [6, 6.07) is 9.77. The molecular weight excluding hydrogens is 368 g/mol. The minimum Gasteiger partial charge on any atom is -0.446 e. The Hall–Kier alpha value is -2.43. The first-order chi connectivity index (χ1) is 13.4. The van der Waals surface area contributed by atoms with Crippen molar-refractivity contribution in [2.24, 2.45) is 16.2 Å². The summed E-state index contributed by atoms with van der Waals surface area (Å²) in [5, 5.41) is 0. The van der Waals surface area contributed by atoms with Crippen molar-refractivity contribution < 1.29 is 23.9 Å². The molecule has 1 heterocycles. The van der Waals surface area contributed by atoms with Crippen molar-refractivity contribution >= 4 is 17.7 Å². The lowest BCUT2D eigenvalue weighted by molar-refractivity contribution is -0.180. The lowest BCUT2D eigenvalue weighted by Gasteiger charge is -2.34. The van der Waals surface area contributed by atoms with Crippen LogP contribution in [0.2, 0.25) is 0 Å². The molecule has 154 valence electrons. The normalized spacial score (nSPS) is 34.5. The third-order valence-corrected chi connectivity index (χ3v) is 8.05. The van der Waals surface area contributed by atoms with Gasteiger partial charge in [-0.05, 0) is 37.8 Å². The van der Waals surface area contributed by atoms with Gasteiger partial charge in [0.15, 0.2) is 5.76 Å². The minimum absolute atomic E-state index is 0.0931. The number of benzene rings is 1. The molecular formula is C24H28O5. The molecule has 5 heteroatoms. The molecule has 2 fully saturated rings. The average molecular weight is 396 g/mol. The van der Waals surface area contributed by atoms with Crippen LogP contribution in [0.15, 0.2) is 41.7 Å². The summed E-state index contributed by atoms with van der Waals surface area (Å²) in [4.78, 5) is 39.0. The van der Waals surface area contributed by atoms with Crippen LogP contribution in [0.1, 0.15) is 65.9 Å². The third kappa shape index (κ3) is 2.24. The fraction of sp³-hybridized carbons (Fsp3) is 0.542. The van der Waals surface area contributed by atoms with Gasteiger partial charge in [0.1, 0.15) is 0 Å². The topological polar surface area (TPSA) is 69.7 Å². The van der Waals surface area contributed by atoms with E-state index in [0.717, 1.165) is 11.1 Å². The van der Waals surface area contributed by atoms with Crippen molar-refractivity contribution in [1.82, 2.24) is 0 Å². The molecule has 0 unspecified atom stereocenters. The Labute approximate surface area is 171 Å². The highest BCUT2D eigenvalue weighted by Crippen LogP contribution is 2.66. The number of Topliss-reactive ketones (excluding diaryl/α,β-unsaturated/α-hetero) is 1. The molecule has 4 rings (SSSR count). The molecule has 0 spiro atoms. The molecule has 1 aromatic rings. The average Bonchev–Trinajstić information content (AvgIpc) is 3.04. The summed E-state index contributed by atoms with van der Waals surface area (Å²) in [6.45, 7) is 11.2. The Balaban J connectivity index is 1.71. The number of esters is 2. The maximum atomic E-state index is 13.3. The maximum Gasteiger partial charge on any atom is 0.356 e. The van der Waals surface area contributed by atoms with Crippen LogP contribution in [-0.2, 0) is 23.9 Å². The highest BCUT2D eigenvalue weighted by atomic mass is 16.6. The van der Waals surface area contributed by atoms with E-state index < -0.39 is 27.8 Å². The van der Waals surface area contributed by atoms with Gasteiger partial charge in [-0.3, -0.25) is 9.59 Å². The van der Waals surface area contributed by atoms with Crippen molar-refractivity contribution in [3.8, 4) is 0 Å². The Morgan fingerprint density at radius 2 is 1.66 bits per heavy atom. The number of hydrogen-bond acceptors (Lipinski definition) is 5. The number of fused-ring (bicyclic) bond motifs is 2. The van der Waals surface area contributed by atoms with Crippen LogP contribution in [0, 0.1) is 16.2 Å². The summed E-state index contributed by atoms with van der Waals surface area (Å²) < 4.78 is 11.4. The summed E-state index contributed by atoms with van der Waals surface area (Å²) in [5.74, 6) is -1.28. The van der Waals surface area contributed by atoms with Crippen LogP contribution in [0.3, 0.4) is 0 Å². The largest absolute Gasteiger partial charge is 0.446 e. The van der Waals surface area contributed by atoms with Gasteiger partial charge in [-0.15, -0.1) is 0 Å². The van der Waals surface area contributed by atoms with Gasteiger partial charge >= 0.3 is 11.9 Å². The number of carbonyl (C=O) groups is 3. The second-order valence-corrected chi connectivity index (χ2v) is 9.97. The SMILES string of the molecule is CC1=C(OC(=O)[C@@]23CC[C@@](C)(C(=O)O2)C3(C)C)C(=O)C(C)(C)[C@H]1c1ccccc1. The molecule has 1 saturated heterocycles. The van der Waals surface area contributed by atoms with Crippen LogP contribution in [0.4, 0.5) is 0 Å². The van der Waals surface area contributed by atoms with Crippen LogP contribution in [0.25, 0.3) is 0 Å². The van der Waals surface area contributed by atoms with Crippen molar-refractivity contribution in [2.75, 3.05) is 0 Å². The van der Waals surface area contributed by atoms with E-state index in [1.54, 1.807) is 0 Å². The number of carbonyl (C=O) groups excluding carboxylic acids is 3. The van der Waals surface area contributed by atoms with E-state index in [1.165, 1.54) is 0 Å². The third-order valence-electron chi connectivity index (χ3n) is 8.05. The fourth-order valence-corrected chi connectivity index (χ4v) is 5.59. The molecule has 1 saturated carbocycles. The molecule has 3 atom stereocenters. The van der Waals surface area contributed by atoms with Gasteiger partial charge in [-0.2, -0.15) is 0 Å². The molecule has 0 aromatic heterocycles. The Kier molecular flexibility index (Phi) is 3.98. The summed E-state index contributed by atoms with van der Waals surface area (Å²) in [5.41, 5.74) is -1.77. The first-order valence-corrected chi connectivity index (χ1v) is 10.2. The predicted molar refractivity (Wildman–Crippen MR) is 107 cm³/mol. The first kappa shape index (κ1) is 19.9. The standard InChI is InChI=1S/C24H28O5/c1-14-16(15-10-8-7-9-11-15)21(2,3)18(25)17(14)28-20(27)24-13-12-23(6,19(26)29-24)22(24,4)5/h7-11,16H,12-13H2,1-6H3/t16-,23+,24-/m1/s1. The molecule has 1 aliphatic heterocycles. The van der Waals surface area contributed by atoms with Crippen LogP contribution < -0.4 is 0 Å². The second kappa shape index (κ2) is 5.80. The lowest BCUT2D eigenvalue weighted by Crippen LogP contribution is -2.49. The van der Waals surface area contributed by atoms with E-state index in [4.69, 9.17) is 9.47 Å². The van der Waals surface area contributed by atoms with E-state index in [9.17, 15) is 14.4 Å². The van der Waals surface area contributed by atoms with Gasteiger partial charge in [0.2, 0.25) is 11.4 Å². The van der Waals surface area contributed by atoms with E-state index in [0.29, 0.717) is 12.8 Å². The van der Waals surface area contributed by atoms with Crippen molar-refractivity contribution in [3.05, 3.63) is 47.2 Å². The number of ether oxygens (including phenoxy) is 2. The maximum absolute atomic E-state index is 13.3. The highest BCUT2D eigenvalue weighted by Gasteiger charge is 2.76. The smallest absolute Gasteiger partial charge is 0.356 e. The zero-order valence-corrected chi connectivity index (χ0v) is 17.9. The van der Waals surface area contributed by atoms with Crippen molar-refractivity contribution in [3.63, 3.8) is 0 Å². The molecule has 0 radical (unpaired) electrons. The summed E-state index contributed by atoms with van der Waals surface area (Å²) in [6.07, 6.45) is 0.977. The molecule has 2 aliphatic carbocycles. The number of ketones is 1. The van der Waals surface area contributed by atoms with Gasteiger partial charge in [0.05, 0.1) is 5.41 Å². The lowest BCUT2D eigenvalue weighted by atomic mass is 9.66. The van der Waals surface area contributed by atoms with E-state index in [2.05, 4.69) is 0 Å². The second-order valence-electron chi connectivity index (χ2n) is 9.97. The van der Waals surface area contributed by atoms with Crippen molar-refractivity contribution in [1.29, 1.82) is 0 Å². The highest BCUT2D eigenvalue weighted by molar-refractivity contribution is 6.05. The van der Waals surface area contributed by atoms with E-state index in [1.807, 2.05) is 71.9 Å². The molecule has 0 amide bonds. The molecule has 0 N–H and O–H groups in total. The molecule has 2 bridgehead atoms. The fourth-order valence-electron chi connectivity index (χ4n) is 5.59. The molecule has 5 nitrogen and oxygen atoms in total. The predicted octanol–water partition coefficient (Wildman–Crippen LogP) is 4.32. The number of rotatable bonds is 3. The van der Waals surface area contributed by atoms with Crippen LogP contribution in [-0.4, -0.2) is 23.3 Å². The number of allylic oxidation sites excluding steroid dienone is 2. The monoisotopic (exact) mass is 396 g/mol. The quantitative estimate of drug-likeness (QED) is 0.712. The van der Waals surface area contributed by atoms with Gasteiger partial charge in [-0.1, -0.05) is 58.0 Å². The molecule has 29 heavy (non-hydrogen) atoms. The van der Waals surface area contributed by atoms with Gasteiger partial charge < -0.3 is 9.47 Å². The zero-order valence-electron chi connectivity index (χ0n) is 17.9. The zero-order chi connectivity index (χ0) is 21.4. The van der Waals surface area contributed by atoms with Gasteiger partial charge in [0, 0.05) is 16.7 Å². The van der Waals surface area contributed by atoms with E-state index >= 15 is 0 Å². The number of hydrogen-bond donors (Lipinski definition) is 0. The summed E-state index contributed by atoms with van der Waals surface area (Å²) >= 11 is 0. The first-order valence-electron chi connectivity index (χ1n) is 10.2. The molecule has 3 aliphatic rings. The Morgan fingerprint density at radius 3 is 2.17 bits per heavy atom. The van der Waals surface area contributed by atoms with E-state index in [-0.39, 0.29) is 23.4 Å². The van der Waals surface area contributed by atoms with Crippen LogP contribution >= 0.6 is 0 Å². The molecule has 1 aromatic carbocycles. The van der Waals surface area contributed by atoms with Gasteiger partial charge in [-0.25, -0.2) is 4.79 Å². The Morgan fingerprint density at radius 1 is 1.03 bits per heavy atom.